The van der Waals surface area contributed by atoms with Crippen molar-refractivity contribution in [2.24, 2.45) is 0 Å². The van der Waals surface area contributed by atoms with E-state index in [0.29, 0.717) is 22.9 Å². The van der Waals surface area contributed by atoms with E-state index in [2.05, 4.69) is 5.32 Å². The van der Waals surface area contributed by atoms with Crippen LogP contribution < -0.4 is 14.8 Å². The molecule has 0 saturated heterocycles. The number of ether oxygens (including phenoxy) is 2. The van der Waals surface area contributed by atoms with Crippen molar-refractivity contribution in [1.82, 2.24) is 4.31 Å². The molecule has 9 heteroatoms. The highest BCUT2D eigenvalue weighted by Gasteiger charge is 2.30. The third kappa shape index (κ3) is 6.28. The van der Waals surface area contributed by atoms with Gasteiger partial charge in [-0.1, -0.05) is 48.0 Å². The van der Waals surface area contributed by atoms with Crippen LogP contribution in [-0.4, -0.2) is 45.9 Å². The molecule has 1 amide bonds. The van der Waals surface area contributed by atoms with Gasteiger partial charge in [-0.2, -0.15) is 4.31 Å². The summed E-state index contributed by atoms with van der Waals surface area (Å²) >= 11 is 6.05. The molecule has 3 rings (SSSR count). The smallest absolute Gasteiger partial charge is 0.247 e. The van der Waals surface area contributed by atoms with Crippen LogP contribution in [-0.2, 0) is 21.2 Å². The van der Waals surface area contributed by atoms with Crippen molar-refractivity contribution < 1.29 is 22.7 Å². The number of hydrogen-bond acceptors (Lipinski definition) is 5. The number of nitrogens with one attached hydrogen (secondary N) is 1. The maximum Gasteiger partial charge on any atom is 0.247 e. The van der Waals surface area contributed by atoms with Crippen molar-refractivity contribution in [3.05, 3.63) is 82.9 Å². The third-order valence-corrected chi connectivity index (χ3v) is 7.29. The van der Waals surface area contributed by atoms with Crippen LogP contribution in [0.25, 0.3) is 0 Å². The number of anilines is 1. The standard InChI is InChI=1S/C25H27ClN2O5S/c1-18-9-11-23(33-3)24(15-18)34(30,31)28(14-13-19-7-5-4-6-8-19)17-25(29)27-21-16-20(26)10-12-22(21)32-2/h4-12,15-16H,13-14,17H2,1-3H3,(H,27,29). The lowest BCUT2D eigenvalue weighted by Crippen LogP contribution is -2.39. The number of methoxy groups -OCH3 is 2. The molecule has 1 N–H and O–H groups in total. The van der Waals surface area contributed by atoms with E-state index in [4.69, 9.17) is 21.1 Å². The van der Waals surface area contributed by atoms with Crippen LogP contribution in [0.1, 0.15) is 11.1 Å². The van der Waals surface area contributed by atoms with Crippen LogP contribution >= 0.6 is 11.6 Å². The number of sulfonamides is 1. The number of carbonyl (C=O) groups is 1. The van der Waals surface area contributed by atoms with E-state index in [1.54, 1.807) is 43.3 Å². The van der Waals surface area contributed by atoms with Crippen molar-refractivity contribution >= 4 is 33.2 Å². The van der Waals surface area contributed by atoms with Crippen LogP contribution in [0.5, 0.6) is 11.5 Å². The molecule has 0 aromatic heterocycles. The monoisotopic (exact) mass is 502 g/mol. The van der Waals surface area contributed by atoms with Gasteiger partial charge in [-0.15, -0.1) is 0 Å². The second kappa shape index (κ2) is 11.4. The van der Waals surface area contributed by atoms with Crippen LogP contribution in [0, 0.1) is 6.92 Å². The van der Waals surface area contributed by atoms with Gasteiger partial charge in [0.2, 0.25) is 15.9 Å². The van der Waals surface area contributed by atoms with E-state index in [0.717, 1.165) is 15.4 Å². The fraction of sp³-hybridized carbons (Fsp3) is 0.240. The summed E-state index contributed by atoms with van der Waals surface area (Å²) in [6.07, 6.45) is 0.433. The predicted molar refractivity (Wildman–Crippen MR) is 133 cm³/mol. The third-order valence-electron chi connectivity index (χ3n) is 5.19. The molecule has 0 aliphatic carbocycles. The normalized spacial score (nSPS) is 11.3. The number of carbonyl (C=O) groups excluding carboxylic acids is 1. The first-order valence-electron chi connectivity index (χ1n) is 10.6. The van der Waals surface area contributed by atoms with Crippen molar-refractivity contribution in [2.75, 3.05) is 32.6 Å². The van der Waals surface area contributed by atoms with Gasteiger partial charge in [0, 0.05) is 11.6 Å². The van der Waals surface area contributed by atoms with Gasteiger partial charge in [0.1, 0.15) is 16.4 Å². The van der Waals surface area contributed by atoms with Gasteiger partial charge < -0.3 is 14.8 Å². The van der Waals surface area contributed by atoms with E-state index in [9.17, 15) is 13.2 Å². The average Bonchev–Trinajstić information content (AvgIpc) is 2.82. The highest BCUT2D eigenvalue weighted by molar-refractivity contribution is 7.89. The summed E-state index contributed by atoms with van der Waals surface area (Å²) in [4.78, 5) is 13.0. The first-order chi connectivity index (χ1) is 16.2. The first kappa shape index (κ1) is 25.6. The van der Waals surface area contributed by atoms with Crippen molar-refractivity contribution in [3.63, 3.8) is 0 Å². The number of aryl methyl sites for hydroxylation is 1. The van der Waals surface area contributed by atoms with Crippen LogP contribution in [0.2, 0.25) is 5.02 Å². The van der Waals surface area contributed by atoms with E-state index in [-0.39, 0.29) is 17.2 Å². The molecule has 0 bridgehead atoms. The zero-order valence-corrected chi connectivity index (χ0v) is 20.8. The molecule has 0 unspecified atom stereocenters. The minimum absolute atomic E-state index is 0.0104. The number of benzene rings is 3. The Hall–Kier alpha value is -3.07. The summed E-state index contributed by atoms with van der Waals surface area (Å²) in [5.41, 5.74) is 2.07. The summed E-state index contributed by atoms with van der Waals surface area (Å²) < 4.78 is 39.1. The number of hydrogen-bond donors (Lipinski definition) is 1. The molecule has 34 heavy (non-hydrogen) atoms. The first-order valence-corrected chi connectivity index (χ1v) is 12.4. The molecule has 3 aromatic rings. The Morgan fingerprint density at radius 3 is 2.32 bits per heavy atom. The predicted octanol–water partition coefficient (Wildman–Crippen LogP) is 4.54. The van der Waals surface area contributed by atoms with E-state index in [1.165, 1.54) is 14.2 Å². The summed E-state index contributed by atoms with van der Waals surface area (Å²) in [5, 5.41) is 3.12. The Kier molecular flexibility index (Phi) is 8.55. The Bertz CT molecular complexity index is 1250. The van der Waals surface area contributed by atoms with E-state index < -0.39 is 22.5 Å². The number of nitrogens with zero attached hydrogens (tertiary/aromatic N) is 1. The van der Waals surface area contributed by atoms with Crippen LogP contribution in [0.3, 0.4) is 0 Å². The van der Waals surface area contributed by atoms with Gasteiger partial charge in [-0.05, 0) is 54.8 Å². The van der Waals surface area contributed by atoms with Crippen LogP contribution in [0.4, 0.5) is 5.69 Å². The summed E-state index contributed by atoms with van der Waals surface area (Å²) in [5.74, 6) is 0.104. The summed E-state index contributed by atoms with van der Waals surface area (Å²) in [6, 6.07) is 19.2. The zero-order chi connectivity index (χ0) is 24.7. The summed E-state index contributed by atoms with van der Waals surface area (Å²) in [6.45, 7) is 1.50. The highest BCUT2D eigenvalue weighted by atomic mass is 35.5. The molecule has 0 radical (unpaired) electrons. The zero-order valence-electron chi connectivity index (χ0n) is 19.2. The molecule has 0 heterocycles. The van der Waals surface area contributed by atoms with Gasteiger partial charge in [0.25, 0.3) is 0 Å². The average molecular weight is 503 g/mol. The number of halogens is 1. The van der Waals surface area contributed by atoms with E-state index >= 15 is 0 Å². The molecule has 0 fully saturated rings. The lowest BCUT2D eigenvalue weighted by Gasteiger charge is -2.23. The fourth-order valence-corrected chi connectivity index (χ4v) is 5.24. The number of rotatable bonds is 10. The second-order valence-corrected chi connectivity index (χ2v) is 9.96. The van der Waals surface area contributed by atoms with Gasteiger partial charge in [-0.3, -0.25) is 4.79 Å². The quantitative estimate of drug-likeness (QED) is 0.440. The van der Waals surface area contributed by atoms with Gasteiger partial charge in [0.05, 0.1) is 26.5 Å². The maximum absolute atomic E-state index is 13.7. The fourth-order valence-electron chi connectivity index (χ4n) is 3.44. The maximum atomic E-state index is 13.7. The van der Waals surface area contributed by atoms with Crippen LogP contribution in [0.15, 0.2) is 71.6 Å². The van der Waals surface area contributed by atoms with Gasteiger partial charge >= 0.3 is 0 Å². The molecule has 0 saturated carbocycles. The largest absolute Gasteiger partial charge is 0.495 e. The molecule has 180 valence electrons. The SMILES string of the molecule is COc1ccc(Cl)cc1NC(=O)CN(CCc1ccccc1)S(=O)(=O)c1cc(C)ccc1OC. The minimum atomic E-state index is -4.06. The lowest BCUT2D eigenvalue weighted by atomic mass is 10.1. The molecule has 0 spiro atoms. The van der Waals surface area contributed by atoms with Crippen molar-refractivity contribution in [1.29, 1.82) is 0 Å². The highest BCUT2D eigenvalue weighted by Crippen LogP contribution is 2.29. The molecule has 0 aliphatic heterocycles. The molecule has 7 nitrogen and oxygen atoms in total. The molecule has 0 aliphatic rings. The molecular formula is C25H27ClN2O5S. The summed E-state index contributed by atoms with van der Waals surface area (Å²) in [7, 11) is -1.17. The van der Waals surface area contributed by atoms with Crippen molar-refractivity contribution in [3.8, 4) is 11.5 Å². The van der Waals surface area contributed by atoms with E-state index in [1.807, 2.05) is 30.3 Å². The second-order valence-electron chi connectivity index (χ2n) is 7.62. The van der Waals surface area contributed by atoms with Gasteiger partial charge in [0.15, 0.2) is 0 Å². The number of amides is 1. The molecule has 3 aromatic carbocycles. The Morgan fingerprint density at radius 1 is 0.971 bits per heavy atom. The molecule has 0 atom stereocenters. The van der Waals surface area contributed by atoms with Gasteiger partial charge in [-0.25, -0.2) is 8.42 Å². The van der Waals surface area contributed by atoms with Crippen molar-refractivity contribution in [2.45, 2.75) is 18.2 Å². The topological polar surface area (TPSA) is 84.9 Å². The Balaban J connectivity index is 1.91. The Morgan fingerprint density at radius 2 is 1.65 bits per heavy atom. The lowest BCUT2D eigenvalue weighted by molar-refractivity contribution is -0.116. The Labute approximate surface area is 205 Å². The molecular weight excluding hydrogens is 476 g/mol. The minimum Gasteiger partial charge on any atom is -0.495 e.